The molecule has 0 aliphatic carbocycles. The molecule has 0 fully saturated rings. The predicted molar refractivity (Wildman–Crippen MR) is 69.4 cm³/mol. The maximum atomic E-state index is 11.5. The molecule has 8 heteroatoms. The third-order valence-corrected chi connectivity index (χ3v) is 2.26. The minimum Gasteiger partial charge on any atom is -0.467 e. The van der Waals surface area contributed by atoms with Crippen LogP contribution >= 0.6 is 16.3 Å². The second-order valence-corrected chi connectivity index (χ2v) is 5.03. The number of rotatable bonds is 5. The van der Waals surface area contributed by atoms with E-state index >= 15 is 0 Å². The molecule has 1 amide bonds. The quantitative estimate of drug-likeness (QED) is 0.766. The molecule has 0 bridgehead atoms. The fraction of sp³-hybridized carbons (Fsp3) is 0.727. The van der Waals surface area contributed by atoms with Crippen molar-refractivity contribution in [3.05, 3.63) is 0 Å². The Morgan fingerprint density at radius 3 is 2.26 bits per heavy atom. The highest BCUT2D eigenvalue weighted by Gasteiger charge is 2.25. The summed E-state index contributed by atoms with van der Waals surface area (Å²) >= 11 is 2.53. The number of carbonyl (C=O) groups is 3. The van der Waals surface area contributed by atoms with E-state index < -0.39 is 29.7 Å². The minimum atomic E-state index is -0.966. The number of alkyl carbamates (subject to hydrolysis) is 1. The number of ether oxygens (including phenoxy) is 2. The van der Waals surface area contributed by atoms with E-state index in [1.54, 1.807) is 20.8 Å². The molecule has 0 aromatic rings. The zero-order valence-electron chi connectivity index (χ0n) is 11.3. The SMILES string of the molecule is COC(=O)[C@@H](CCC(=O)OBr)NC(=O)OC(C)(C)C. The van der Waals surface area contributed by atoms with Gasteiger partial charge in [-0.1, -0.05) is 0 Å². The number of halogens is 1. The van der Waals surface area contributed by atoms with E-state index in [1.165, 1.54) is 7.11 Å². The molecule has 1 atom stereocenters. The molecule has 0 rings (SSSR count). The lowest BCUT2D eigenvalue weighted by molar-refractivity contribution is -0.143. The summed E-state index contributed by atoms with van der Waals surface area (Å²) in [7, 11) is 1.19. The number of amides is 1. The predicted octanol–water partition coefficient (Wildman–Crippen LogP) is 1.69. The van der Waals surface area contributed by atoms with Crippen LogP contribution in [0.15, 0.2) is 0 Å². The normalized spacial score (nSPS) is 12.3. The van der Waals surface area contributed by atoms with Crippen LogP contribution in [0.5, 0.6) is 0 Å². The zero-order chi connectivity index (χ0) is 15.1. The molecular formula is C11H18BrNO6. The van der Waals surface area contributed by atoms with Crippen molar-refractivity contribution in [1.29, 1.82) is 0 Å². The molecule has 19 heavy (non-hydrogen) atoms. The van der Waals surface area contributed by atoms with E-state index in [9.17, 15) is 14.4 Å². The van der Waals surface area contributed by atoms with Crippen molar-refractivity contribution in [2.75, 3.05) is 7.11 Å². The first-order valence-electron chi connectivity index (χ1n) is 5.58. The van der Waals surface area contributed by atoms with Gasteiger partial charge in [-0.3, -0.25) is 4.79 Å². The Labute approximate surface area is 120 Å². The summed E-state index contributed by atoms with van der Waals surface area (Å²) < 4.78 is 13.8. The molecule has 7 nitrogen and oxygen atoms in total. The number of nitrogens with one attached hydrogen (secondary N) is 1. The number of methoxy groups -OCH3 is 1. The molecule has 0 aliphatic heterocycles. The van der Waals surface area contributed by atoms with Gasteiger partial charge in [0.1, 0.15) is 11.6 Å². The van der Waals surface area contributed by atoms with Crippen molar-refractivity contribution in [2.24, 2.45) is 0 Å². The second-order valence-electron chi connectivity index (χ2n) is 4.71. The Kier molecular flexibility index (Phi) is 7.43. The highest BCUT2D eigenvalue weighted by atomic mass is 79.9. The van der Waals surface area contributed by atoms with Crippen LogP contribution in [0, 0.1) is 0 Å². The van der Waals surface area contributed by atoms with Crippen molar-refractivity contribution in [3.63, 3.8) is 0 Å². The Morgan fingerprint density at radius 1 is 1.26 bits per heavy atom. The van der Waals surface area contributed by atoms with E-state index in [2.05, 4.69) is 30.1 Å². The topological polar surface area (TPSA) is 90.9 Å². The second kappa shape index (κ2) is 7.98. The van der Waals surface area contributed by atoms with Gasteiger partial charge < -0.3 is 18.6 Å². The van der Waals surface area contributed by atoms with Crippen LogP contribution in [0.25, 0.3) is 0 Å². The summed E-state index contributed by atoms with van der Waals surface area (Å²) in [5, 5.41) is 2.34. The maximum absolute atomic E-state index is 11.5. The molecule has 0 saturated heterocycles. The van der Waals surface area contributed by atoms with Gasteiger partial charge in [0.2, 0.25) is 0 Å². The van der Waals surface area contributed by atoms with Gasteiger partial charge in [0.15, 0.2) is 16.3 Å². The molecule has 1 N–H and O–H groups in total. The average molecular weight is 340 g/mol. The molecule has 0 heterocycles. The van der Waals surface area contributed by atoms with Crippen molar-refractivity contribution in [3.8, 4) is 0 Å². The fourth-order valence-corrected chi connectivity index (χ4v) is 1.30. The smallest absolute Gasteiger partial charge is 0.408 e. The monoisotopic (exact) mass is 339 g/mol. The highest BCUT2D eigenvalue weighted by molar-refractivity contribution is 9.06. The largest absolute Gasteiger partial charge is 0.467 e. The molecule has 0 spiro atoms. The number of esters is 1. The lowest BCUT2D eigenvalue weighted by Crippen LogP contribution is -2.44. The summed E-state index contributed by atoms with van der Waals surface area (Å²) in [5.74, 6) is -1.21. The first-order chi connectivity index (χ1) is 8.69. The Bertz CT molecular complexity index is 339. The van der Waals surface area contributed by atoms with E-state index in [4.69, 9.17) is 4.74 Å². The Morgan fingerprint density at radius 2 is 1.84 bits per heavy atom. The van der Waals surface area contributed by atoms with Crippen molar-refractivity contribution < 1.29 is 27.7 Å². The number of carbonyl (C=O) groups excluding carboxylic acids is 3. The van der Waals surface area contributed by atoms with Crippen molar-refractivity contribution in [1.82, 2.24) is 5.32 Å². The van der Waals surface area contributed by atoms with Crippen LogP contribution in [-0.4, -0.2) is 36.8 Å². The summed E-state index contributed by atoms with van der Waals surface area (Å²) in [5.41, 5.74) is -0.681. The van der Waals surface area contributed by atoms with E-state index in [1.807, 2.05) is 0 Å². The minimum absolute atomic E-state index is 0.0519. The standard InChI is InChI=1S/C11H18BrNO6/c1-11(2,3)18-10(16)13-7(9(15)17-4)5-6-8(14)19-12/h7H,5-6H2,1-4H3,(H,13,16)/t7-/m1/s1. The average Bonchev–Trinajstić information content (AvgIpc) is 2.30. The number of hydrogen-bond acceptors (Lipinski definition) is 6. The van der Waals surface area contributed by atoms with Gasteiger partial charge in [-0.15, -0.1) is 0 Å². The first kappa shape index (κ1) is 17.7. The maximum Gasteiger partial charge on any atom is 0.408 e. The highest BCUT2D eigenvalue weighted by Crippen LogP contribution is 2.08. The van der Waals surface area contributed by atoms with Gasteiger partial charge in [-0.2, -0.15) is 0 Å². The lowest BCUT2D eigenvalue weighted by Gasteiger charge is -2.22. The van der Waals surface area contributed by atoms with Crippen LogP contribution < -0.4 is 5.32 Å². The van der Waals surface area contributed by atoms with Crippen molar-refractivity contribution >= 4 is 34.3 Å². The van der Waals surface area contributed by atoms with Gasteiger partial charge in [-0.05, 0) is 27.2 Å². The summed E-state index contributed by atoms with van der Waals surface area (Å²) in [4.78, 5) is 34.0. The summed E-state index contributed by atoms with van der Waals surface area (Å²) in [6, 6.07) is -0.966. The van der Waals surface area contributed by atoms with Crippen LogP contribution in [0.4, 0.5) is 4.79 Å². The van der Waals surface area contributed by atoms with Gasteiger partial charge in [0.05, 0.1) is 7.11 Å². The summed E-state index contributed by atoms with van der Waals surface area (Å²) in [6.07, 6.45) is -0.757. The van der Waals surface area contributed by atoms with Gasteiger partial charge >= 0.3 is 18.0 Å². The number of hydrogen-bond donors (Lipinski definition) is 1. The molecule has 0 radical (unpaired) electrons. The van der Waals surface area contributed by atoms with Gasteiger partial charge in [0, 0.05) is 6.42 Å². The molecule has 0 saturated carbocycles. The van der Waals surface area contributed by atoms with E-state index in [0.717, 1.165) is 0 Å². The Hall–Kier alpha value is -1.31. The fourth-order valence-electron chi connectivity index (χ4n) is 1.14. The van der Waals surface area contributed by atoms with Crippen LogP contribution in [0.2, 0.25) is 0 Å². The van der Waals surface area contributed by atoms with Gasteiger partial charge in [-0.25, -0.2) is 9.59 Å². The molecule has 0 aliphatic rings. The first-order valence-corrected chi connectivity index (χ1v) is 6.23. The van der Waals surface area contributed by atoms with Gasteiger partial charge in [0.25, 0.3) is 0 Å². The molecule has 110 valence electrons. The third-order valence-electron chi connectivity index (χ3n) is 1.90. The lowest BCUT2D eigenvalue weighted by atomic mass is 10.1. The Balaban J connectivity index is 4.47. The molecule has 0 unspecified atom stereocenters. The molecule has 0 aromatic heterocycles. The molecule has 0 aromatic carbocycles. The van der Waals surface area contributed by atoms with E-state index in [0.29, 0.717) is 0 Å². The zero-order valence-corrected chi connectivity index (χ0v) is 12.9. The third kappa shape index (κ3) is 8.41. The van der Waals surface area contributed by atoms with Crippen LogP contribution in [0.3, 0.4) is 0 Å². The van der Waals surface area contributed by atoms with Crippen LogP contribution in [-0.2, 0) is 22.9 Å². The van der Waals surface area contributed by atoms with Crippen molar-refractivity contribution in [2.45, 2.75) is 45.3 Å². The van der Waals surface area contributed by atoms with Crippen LogP contribution in [0.1, 0.15) is 33.6 Å². The summed E-state index contributed by atoms with van der Waals surface area (Å²) in [6.45, 7) is 5.09. The molecular weight excluding hydrogens is 322 g/mol. The van der Waals surface area contributed by atoms with E-state index in [-0.39, 0.29) is 12.8 Å².